The molecule has 6 heteroatoms. The molecule has 0 amide bonds. The van der Waals surface area contributed by atoms with Crippen LogP contribution in [0.25, 0.3) is 0 Å². The van der Waals surface area contributed by atoms with E-state index < -0.39 is 0 Å². The van der Waals surface area contributed by atoms with Gasteiger partial charge in [0, 0.05) is 23.5 Å². The van der Waals surface area contributed by atoms with E-state index in [4.69, 9.17) is 35.4 Å². The number of nitrogens with one attached hydrogen (secondary N) is 2. The Bertz CT molecular complexity index is 572. The molecule has 19 heavy (non-hydrogen) atoms. The first-order chi connectivity index (χ1) is 9.13. The number of aromatic nitrogens is 1. The van der Waals surface area contributed by atoms with Crippen LogP contribution in [0.2, 0.25) is 10.2 Å². The summed E-state index contributed by atoms with van der Waals surface area (Å²) in [5, 5.41) is 7.80. The van der Waals surface area contributed by atoms with Gasteiger partial charge in [-0.2, -0.15) is 0 Å². The van der Waals surface area contributed by atoms with Crippen molar-refractivity contribution in [3.8, 4) is 0 Å². The molecule has 0 saturated heterocycles. The van der Waals surface area contributed by atoms with Crippen molar-refractivity contribution in [3.63, 3.8) is 0 Å². The van der Waals surface area contributed by atoms with Crippen LogP contribution in [0.4, 0.5) is 5.69 Å². The van der Waals surface area contributed by atoms with E-state index in [9.17, 15) is 0 Å². The molecule has 98 valence electrons. The molecule has 0 aliphatic heterocycles. The lowest BCUT2D eigenvalue weighted by atomic mass is 10.3. The zero-order valence-corrected chi connectivity index (χ0v) is 12.2. The highest BCUT2D eigenvalue weighted by atomic mass is 35.5. The first kappa shape index (κ1) is 14.1. The number of benzene rings is 1. The Morgan fingerprint density at radius 1 is 1.21 bits per heavy atom. The van der Waals surface area contributed by atoms with Crippen LogP contribution in [0.3, 0.4) is 0 Å². The van der Waals surface area contributed by atoms with Crippen molar-refractivity contribution in [2.75, 3.05) is 5.32 Å². The molecule has 0 aliphatic rings. The molecule has 1 aromatic heterocycles. The molecule has 0 unspecified atom stereocenters. The van der Waals surface area contributed by atoms with Gasteiger partial charge in [0.25, 0.3) is 0 Å². The second-order valence-corrected chi connectivity index (χ2v) is 5.04. The molecule has 0 saturated carbocycles. The van der Waals surface area contributed by atoms with Gasteiger partial charge in [0.05, 0.1) is 0 Å². The molecule has 0 bridgehead atoms. The van der Waals surface area contributed by atoms with Gasteiger partial charge in [-0.25, -0.2) is 4.98 Å². The number of nitrogens with zero attached hydrogens (tertiary/aromatic N) is 1. The van der Waals surface area contributed by atoms with E-state index >= 15 is 0 Å². The summed E-state index contributed by atoms with van der Waals surface area (Å²) >= 11 is 16.8. The van der Waals surface area contributed by atoms with Gasteiger partial charge in [-0.05, 0) is 42.0 Å². The summed E-state index contributed by atoms with van der Waals surface area (Å²) in [7, 11) is 0. The molecular formula is C13H11Cl2N3S. The van der Waals surface area contributed by atoms with Crippen LogP contribution in [-0.2, 0) is 6.54 Å². The highest BCUT2D eigenvalue weighted by molar-refractivity contribution is 7.80. The predicted octanol–water partition coefficient (Wildman–Crippen LogP) is 3.88. The molecule has 2 rings (SSSR count). The monoisotopic (exact) mass is 311 g/mol. The lowest BCUT2D eigenvalue weighted by Crippen LogP contribution is -2.27. The van der Waals surface area contributed by atoms with Gasteiger partial charge in [0.2, 0.25) is 0 Å². The fourth-order valence-corrected chi connectivity index (χ4v) is 1.93. The maximum Gasteiger partial charge on any atom is 0.171 e. The number of pyridine rings is 1. The number of rotatable bonds is 3. The summed E-state index contributed by atoms with van der Waals surface area (Å²) in [4.78, 5) is 4.00. The van der Waals surface area contributed by atoms with Crippen LogP contribution < -0.4 is 10.6 Å². The maximum absolute atomic E-state index is 5.89. The van der Waals surface area contributed by atoms with Crippen molar-refractivity contribution in [2.24, 2.45) is 0 Å². The van der Waals surface area contributed by atoms with Crippen LogP contribution in [0, 0.1) is 0 Å². The fourth-order valence-electron chi connectivity index (χ4n) is 1.43. The lowest BCUT2D eigenvalue weighted by Gasteiger charge is -2.10. The molecule has 0 spiro atoms. The average Bonchev–Trinajstić information content (AvgIpc) is 2.38. The summed E-state index contributed by atoms with van der Waals surface area (Å²) in [5.41, 5.74) is 1.85. The Morgan fingerprint density at radius 2 is 2.05 bits per heavy atom. The third kappa shape index (κ3) is 4.67. The van der Waals surface area contributed by atoms with Crippen molar-refractivity contribution >= 4 is 46.2 Å². The summed E-state index contributed by atoms with van der Waals surface area (Å²) < 4.78 is 0. The Balaban J connectivity index is 1.86. The van der Waals surface area contributed by atoms with E-state index in [1.807, 2.05) is 24.3 Å². The van der Waals surface area contributed by atoms with Crippen LogP contribution >= 0.6 is 35.4 Å². The highest BCUT2D eigenvalue weighted by Gasteiger charge is 1.99. The molecular weight excluding hydrogens is 301 g/mol. The normalized spacial score (nSPS) is 10.0. The molecule has 0 atom stereocenters. The van der Waals surface area contributed by atoms with Crippen LogP contribution in [-0.4, -0.2) is 10.1 Å². The number of hydrogen-bond donors (Lipinski definition) is 2. The third-order valence-electron chi connectivity index (χ3n) is 2.32. The van der Waals surface area contributed by atoms with Gasteiger partial charge >= 0.3 is 0 Å². The van der Waals surface area contributed by atoms with E-state index in [2.05, 4.69) is 15.6 Å². The fraction of sp³-hybridized carbons (Fsp3) is 0.0769. The minimum absolute atomic E-state index is 0.475. The van der Waals surface area contributed by atoms with E-state index in [0.29, 0.717) is 21.8 Å². The number of thiocarbonyl (C=S) groups is 1. The van der Waals surface area contributed by atoms with E-state index in [1.165, 1.54) is 0 Å². The van der Waals surface area contributed by atoms with Gasteiger partial charge in [-0.3, -0.25) is 0 Å². The topological polar surface area (TPSA) is 37.0 Å². The third-order valence-corrected chi connectivity index (χ3v) is 3.03. The molecule has 1 aromatic carbocycles. The molecule has 3 nitrogen and oxygen atoms in total. The second-order valence-electron chi connectivity index (χ2n) is 3.81. The smallest absolute Gasteiger partial charge is 0.171 e. The highest BCUT2D eigenvalue weighted by Crippen LogP contribution is 2.14. The van der Waals surface area contributed by atoms with Crippen molar-refractivity contribution < 1.29 is 0 Å². The summed E-state index contributed by atoms with van der Waals surface area (Å²) in [6.07, 6.45) is 1.71. The predicted molar refractivity (Wildman–Crippen MR) is 83.8 cm³/mol. The zero-order chi connectivity index (χ0) is 13.7. The first-order valence-corrected chi connectivity index (χ1v) is 6.71. The molecule has 1 heterocycles. The Hall–Kier alpha value is -1.36. The zero-order valence-electron chi connectivity index (χ0n) is 9.86. The van der Waals surface area contributed by atoms with E-state index in [1.54, 1.807) is 18.3 Å². The lowest BCUT2D eigenvalue weighted by molar-refractivity contribution is 0.917. The second kappa shape index (κ2) is 6.70. The quantitative estimate of drug-likeness (QED) is 0.666. The Kier molecular flexibility index (Phi) is 4.96. The Morgan fingerprint density at radius 3 is 2.74 bits per heavy atom. The Labute approximate surface area is 127 Å². The standard InChI is InChI=1S/C13H11Cl2N3S/c14-10-2-1-3-11(6-10)18-13(19)17-8-9-4-5-12(15)16-7-9/h1-7H,8H2,(H2,17,18,19). The van der Waals surface area contributed by atoms with Gasteiger partial charge in [-0.15, -0.1) is 0 Å². The molecule has 2 aromatic rings. The maximum atomic E-state index is 5.89. The van der Waals surface area contributed by atoms with Gasteiger partial charge in [0.1, 0.15) is 5.15 Å². The van der Waals surface area contributed by atoms with Crippen molar-refractivity contribution in [3.05, 3.63) is 58.3 Å². The van der Waals surface area contributed by atoms with E-state index in [0.717, 1.165) is 11.3 Å². The van der Waals surface area contributed by atoms with Gasteiger partial charge < -0.3 is 10.6 Å². The number of anilines is 1. The number of halogens is 2. The minimum atomic E-state index is 0.475. The van der Waals surface area contributed by atoms with Crippen LogP contribution in [0.5, 0.6) is 0 Å². The summed E-state index contributed by atoms with van der Waals surface area (Å²) in [5.74, 6) is 0. The van der Waals surface area contributed by atoms with E-state index in [-0.39, 0.29) is 0 Å². The van der Waals surface area contributed by atoms with Crippen LogP contribution in [0.1, 0.15) is 5.56 Å². The minimum Gasteiger partial charge on any atom is -0.358 e. The van der Waals surface area contributed by atoms with Gasteiger partial charge in [0.15, 0.2) is 5.11 Å². The summed E-state index contributed by atoms with van der Waals surface area (Å²) in [6, 6.07) is 11.0. The molecule has 0 radical (unpaired) electrons. The molecule has 2 N–H and O–H groups in total. The molecule has 0 aliphatic carbocycles. The van der Waals surface area contributed by atoms with Crippen molar-refractivity contribution in [1.82, 2.24) is 10.3 Å². The first-order valence-electron chi connectivity index (χ1n) is 5.54. The van der Waals surface area contributed by atoms with Gasteiger partial charge in [-0.1, -0.05) is 35.3 Å². The SMILES string of the molecule is S=C(NCc1ccc(Cl)nc1)Nc1cccc(Cl)c1. The van der Waals surface area contributed by atoms with Crippen molar-refractivity contribution in [2.45, 2.75) is 6.54 Å². The van der Waals surface area contributed by atoms with Crippen molar-refractivity contribution in [1.29, 1.82) is 0 Å². The van der Waals surface area contributed by atoms with Crippen LogP contribution in [0.15, 0.2) is 42.6 Å². The molecule has 0 fully saturated rings. The average molecular weight is 312 g/mol. The number of hydrogen-bond acceptors (Lipinski definition) is 2. The largest absolute Gasteiger partial charge is 0.358 e. The summed E-state index contributed by atoms with van der Waals surface area (Å²) in [6.45, 7) is 0.580.